The number of methoxy groups -OCH3 is 1. The molecule has 0 aliphatic heterocycles. The highest BCUT2D eigenvalue weighted by Gasteiger charge is 2.22. The predicted molar refractivity (Wildman–Crippen MR) is 67.2 cm³/mol. The fourth-order valence-corrected chi connectivity index (χ4v) is 2.29. The maximum atomic E-state index is 5.91. The van der Waals surface area contributed by atoms with Gasteiger partial charge in [0.15, 0.2) is 5.82 Å². The Balaban J connectivity index is 2.00. The van der Waals surface area contributed by atoms with Crippen LogP contribution in [0.4, 0.5) is 5.82 Å². The average Bonchev–Trinajstić information content (AvgIpc) is 2.39. The molecule has 94 valence electrons. The highest BCUT2D eigenvalue weighted by Crippen LogP contribution is 2.24. The third-order valence-corrected chi connectivity index (χ3v) is 3.49. The van der Waals surface area contributed by atoms with Crippen molar-refractivity contribution in [3.63, 3.8) is 0 Å². The second-order valence-electron chi connectivity index (χ2n) is 4.61. The molecule has 1 aromatic rings. The van der Waals surface area contributed by atoms with Gasteiger partial charge in [-0.15, -0.1) is 10.2 Å². The summed E-state index contributed by atoms with van der Waals surface area (Å²) >= 11 is 0. The van der Waals surface area contributed by atoms with Gasteiger partial charge >= 0.3 is 0 Å². The van der Waals surface area contributed by atoms with Gasteiger partial charge in [0, 0.05) is 25.2 Å². The van der Waals surface area contributed by atoms with E-state index in [1.807, 2.05) is 12.1 Å². The van der Waals surface area contributed by atoms with E-state index in [0.717, 1.165) is 31.5 Å². The van der Waals surface area contributed by atoms with Gasteiger partial charge in [-0.1, -0.05) is 0 Å². The lowest BCUT2D eigenvalue weighted by Crippen LogP contribution is -2.39. The Bertz CT molecular complexity index is 346. The molecular weight excluding hydrogens is 216 g/mol. The van der Waals surface area contributed by atoms with Gasteiger partial charge in [-0.25, -0.2) is 0 Å². The zero-order valence-corrected chi connectivity index (χ0v) is 10.5. The summed E-state index contributed by atoms with van der Waals surface area (Å²) in [5.74, 6) is 1.44. The minimum Gasteiger partial charge on any atom is -0.480 e. The monoisotopic (exact) mass is 236 g/mol. The first-order chi connectivity index (χ1) is 8.20. The van der Waals surface area contributed by atoms with Crippen molar-refractivity contribution in [2.45, 2.75) is 37.8 Å². The lowest BCUT2D eigenvalue weighted by atomic mass is 9.91. The molecule has 0 radical (unpaired) electrons. The van der Waals surface area contributed by atoms with E-state index in [0.29, 0.717) is 18.0 Å². The van der Waals surface area contributed by atoms with Crippen LogP contribution in [-0.2, 0) is 0 Å². The summed E-state index contributed by atoms with van der Waals surface area (Å²) in [6.45, 7) is 0. The summed E-state index contributed by atoms with van der Waals surface area (Å²) < 4.78 is 5.00. The van der Waals surface area contributed by atoms with E-state index in [1.165, 1.54) is 0 Å². The third-order valence-electron chi connectivity index (χ3n) is 3.49. The van der Waals surface area contributed by atoms with E-state index < -0.39 is 0 Å². The van der Waals surface area contributed by atoms with Crippen molar-refractivity contribution in [1.29, 1.82) is 0 Å². The number of aromatic nitrogens is 2. The summed E-state index contributed by atoms with van der Waals surface area (Å²) in [5, 5.41) is 8.15. The van der Waals surface area contributed by atoms with E-state index >= 15 is 0 Å². The number of anilines is 1. The Hall–Kier alpha value is -1.36. The van der Waals surface area contributed by atoms with Gasteiger partial charge in [-0.3, -0.25) is 0 Å². The zero-order valence-electron chi connectivity index (χ0n) is 10.5. The van der Waals surface area contributed by atoms with Crippen LogP contribution in [0, 0.1) is 0 Å². The van der Waals surface area contributed by atoms with Gasteiger partial charge in [0.1, 0.15) is 0 Å². The molecule has 0 unspecified atom stereocenters. The number of hydrogen-bond donors (Lipinski definition) is 1. The number of rotatable bonds is 3. The molecule has 1 aliphatic carbocycles. The van der Waals surface area contributed by atoms with Crippen molar-refractivity contribution < 1.29 is 4.74 Å². The SMILES string of the molecule is COc1ccc(N(C)C2CCC(N)CC2)nn1. The Labute approximate surface area is 102 Å². The van der Waals surface area contributed by atoms with Crippen LogP contribution in [0.15, 0.2) is 12.1 Å². The summed E-state index contributed by atoms with van der Waals surface area (Å²) in [5.41, 5.74) is 5.91. The molecule has 2 N–H and O–H groups in total. The first-order valence-electron chi connectivity index (χ1n) is 6.07. The number of hydrogen-bond acceptors (Lipinski definition) is 5. The Morgan fingerprint density at radius 2 is 1.94 bits per heavy atom. The van der Waals surface area contributed by atoms with Crippen LogP contribution in [0.1, 0.15) is 25.7 Å². The first kappa shape index (κ1) is 12.1. The fraction of sp³-hybridized carbons (Fsp3) is 0.667. The molecule has 0 bridgehead atoms. The van der Waals surface area contributed by atoms with Crippen LogP contribution in [0.5, 0.6) is 5.88 Å². The highest BCUT2D eigenvalue weighted by atomic mass is 16.5. The molecule has 17 heavy (non-hydrogen) atoms. The van der Waals surface area contributed by atoms with Gasteiger partial charge < -0.3 is 15.4 Å². The second kappa shape index (κ2) is 5.31. The molecule has 0 atom stereocenters. The molecule has 1 aromatic heterocycles. The normalized spacial score (nSPS) is 24.4. The van der Waals surface area contributed by atoms with Gasteiger partial charge in [-0.05, 0) is 31.7 Å². The molecule has 1 heterocycles. The van der Waals surface area contributed by atoms with E-state index in [-0.39, 0.29) is 0 Å². The van der Waals surface area contributed by atoms with Crippen molar-refractivity contribution in [2.24, 2.45) is 5.73 Å². The minimum atomic E-state index is 0.376. The Morgan fingerprint density at radius 1 is 1.24 bits per heavy atom. The largest absolute Gasteiger partial charge is 0.480 e. The zero-order chi connectivity index (χ0) is 12.3. The first-order valence-corrected chi connectivity index (χ1v) is 6.07. The van der Waals surface area contributed by atoms with Gasteiger partial charge in [0.2, 0.25) is 5.88 Å². The summed E-state index contributed by atoms with van der Waals surface area (Å²) in [4.78, 5) is 2.19. The van der Waals surface area contributed by atoms with E-state index in [1.54, 1.807) is 7.11 Å². The molecule has 0 saturated heterocycles. The van der Waals surface area contributed by atoms with Gasteiger partial charge in [-0.2, -0.15) is 0 Å². The summed E-state index contributed by atoms with van der Waals surface area (Å²) in [7, 11) is 3.66. The lowest BCUT2D eigenvalue weighted by Gasteiger charge is -2.33. The van der Waals surface area contributed by atoms with Gasteiger partial charge in [0.05, 0.1) is 7.11 Å². The van der Waals surface area contributed by atoms with Crippen LogP contribution in [-0.4, -0.2) is 36.4 Å². The Morgan fingerprint density at radius 3 is 2.47 bits per heavy atom. The Kier molecular flexibility index (Phi) is 3.78. The molecule has 0 aromatic carbocycles. The molecule has 0 amide bonds. The summed E-state index contributed by atoms with van der Waals surface area (Å²) in [6.07, 6.45) is 4.45. The number of nitrogens with zero attached hydrogens (tertiary/aromatic N) is 3. The van der Waals surface area contributed by atoms with E-state index in [4.69, 9.17) is 10.5 Å². The topological polar surface area (TPSA) is 64.3 Å². The van der Waals surface area contributed by atoms with Crippen LogP contribution < -0.4 is 15.4 Å². The van der Waals surface area contributed by atoms with Crippen LogP contribution in [0.25, 0.3) is 0 Å². The molecule has 0 spiro atoms. The maximum Gasteiger partial charge on any atom is 0.233 e. The molecular formula is C12H20N4O. The average molecular weight is 236 g/mol. The number of nitrogens with two attached hydrogens (primary N) is 1. The van der Waals surface area contributed by atoms with Crippen molar-refractivity contribution in [3.8, 4) is 5.88 Å². The molecule has 1 fully saturated rings. The lowest BCUT2D eigenvalue weighted by molar-refractivity contribution is 0.379. The van der Waals surface area contributed by atoms with Crippen LogP contribution in [0.2, 0.25) is 0 Å². The second-order valence-corrected chi connectivity index (χ2v) is 4.61. The standard InChI is InChI=1S/C12H20N4O/c1-16(10-5-3-9(13)4-6-10)11-7-8-12(17-2)15-14-11/h7-10H,3-6,13H2,1-2H3. The third kappa shape index (κ3) is 2.85. The quantitative estimate of drug-likeness (QED) is 0.854. The molecule has 5 heteroatoms. The smallest absolute Gasteiger partial charge is 0.233 e. The molecule has 2 rings (SSSR count). The van der Waals surface area contributed by atoms with Crippen molar-refractivity contribution in [2.75, 3.05) is 19.1 Å². The highest BCUT2D eigenvalue weighted by molar-refractivity contribution is 5.38. The fourth-order valence-electron chi connectivity index (χ4n) is 2.29. The summed E-state index contributed by atoms with van der Waals surface area (Å²) in [6, 6.07) is 4.69. The van der Waals surface area contributed by atoms with Crippen LogP contribution in [0.3, 0.4) is 0 Å². The van der Waals surface area contributed by atoms with Crippen molar-refractivity contribution >= 4 is 5.82 Å². The van der Waals surface area contributed by atoms with E-state index in [9.17, 15) is 0 Å². The predicted octanol–water partition coefficient (Wildman–Crippen LogP) is 1.19. The van der Waals surface area contributed by atoms with Crippen molar-refractivity contribution in [1.82, 2.24) is 10.2 Å². The molecule has 1 aliphatic rings. The molecule has 5 nitrogen and oxygen atoms in total. The molecule has 1 saturated carbocycles. The van der Waals surface area contributed by atoms with Gasteiger partial charge in [0.25, 0.3) is 0 Å². The maximum absolute atomic E-state index is 5.91. The van der Waals surface area contributed by atoms with Crippen LogP contribution >= 0.6 is 0 Å². The van der Waals surface area contributed by atoms with Crippen molar-refractivity contribution in [3.05, 3.63) is 12.1 Å². The van der Waals surface area contributed by atoms with E-state index in [2.05, 4.69) is 22.1 Å². The number of ether oxygens (including phenoxy) is 1. The minimum absolute atomic E-state index is 0.376.